The van der Waals surface area contributed by atoms with Gasteiger partial charge in [0.05, 0.1) is 23.0 Å². The molecule has 0 saturated heterocycles. The number of nitrogens with zero attached hydrogens (tertiary/aromatic N) is 5. The molecule has 14 heteroatoms. The summed E-state index contributed by atoms with van der Waals surface area (Å²) in [5, 5.41) is 4.77. The first-order chi connectivity index (χ1) is 20.5. The van der Waals surface area contributed by atoms with Crippen molar-refractivity contribution >= 4 is 17.5 Å². The smallest absolute Gasteiger partial charge is 0.433 e. The van der Waals surface area contributed by atoms with Crippen molar-refractivity contribution in [3.05, 3.63) is 76.9 Å². The molecule has 2 aliphatic heterocycles. The van der Waals surface area contributed by atoms with Gasteiger partial charge < -0.3 is 20.3 Å². The lowest BCUT2D eigenvalue weighted by Gasteiger charge is -2.38. The van der Waals surface area contributed by atoms with Crippen LogP contribution >= 0.6 is 0 Å². The van der Waals surface area contributed by atoms with E-state index in [1.165, 1.54) is 9.80 Å². The van der Waals surface area contributed by atoms with Gasteiger partial charge in [-0.2, -0.15) is 27.1 Å². The molecule has 1 fully saturated rings. The van der Waals surface area contributed by atoms with Crippen LogP contribution in [0, 0.1) is 0 Å². The van der Waals surface area contributed by atoms with Gasteiger partial charge in [0.25, 0.3) is 5.91 Å². The zero-order valence-corrected chi connectivity index (χ0v) is 22.8. The number of pyridine rings is 1. The number of carbonyl (C=O) groups excluding carboxylic acids is 2. The van der Waals surface area contributed by atoms with E-state index in [-0.39, 0.29) is 49.0 Å². The number of alkyl halides is 5. The van der Waals surface area contributed by atoms with E-state index in [4.69, 9.17) is 15.6 Å². The number of hydrogen-bond acceptors (Lipinski definition) is 6. The number of nitrogen functional groups attached to an aromatic ring is 1. The van der Waals surface area contributed by atoms with E-state index >= 15 is 0 Å². The molecule has 43 heavy (non-hydrogen) atoms. The highest BCUT2D eigenvalue weighted by atomic mass is 19.4. The van der Waals surface area contributed by atoms with Crippen LogP contribution in [-0.4, -0.2) is 62.6 Å². The molecule has 0 bridgehead atoms. The predicted octanol–water partition coefficient (Wildman–Crippen LogP) is 4.66. The average Bonchev–Trinajstić information content (AvgIpc) is 3.77. The molecule has 226 valence electrons. The second-order valence-electron chi connectivity index (χ2n) is 10.8. The van der Waals surface area contributed by atoms with Crippen molar-refractivity contribution in [1.82, 2.24) is 24.6 Å². The van der Waals surface area contributed by atoms with Crippen LogP contribution in [0.4, 0.5) is 27.6 Å². The first kappa shape index (κ1) is 28.6. The molecule has 0 spiro atoms. The Labute approximate surface area is 242 Å². The van der Waals surface area contributed by atoms with Crippen LogP contribution in [0.3, 0.4) is 0 Å². The number of hydrogen-bond donors (Lipinski definition) is 1. The summed E-state index contributed by atoms with van der Waals surface area (Å²) in [6.07, 6.45) is -0.283. The fraction of sp³-hybridized carbons (Fsp3) is 0.379. The predicted molar refractivity (Wildman–Crippen MR) is 144 cm³/mol. The molecular weight excluding hydrogens is 575 g/mol. The summed E-state index contributed by atoms with van der Waals surface area (Å²) in [4.78, 5) is 32.8. The summed E-state index contributed by atoms with van der Waals surface area (Å²) < 4.78 is 72.9. The molecule has 2 amide bonds. The highest BCUT2D eigenvalue weighted by molar-refractivity contribution is 5.99. The lowest BCUT2D eigenvalue weighted by atomic mass is 9.94. The standard InChI is InChI=1S/C29H27F5N6O3/c1-2-25(41)38-9-7-19-26-21(40(37-19)20-6-5-16(15-3-4-15)11-23(20)43-28(30)31)8-10-39(22(26)14-38)27(42)17-13-36-24(12-18(17)35)29(32,33)34/h2,5-6,11-13,15,22,28H,1,3-4,7-10,14H2,(H2,35,36). The number of rotatable bonds is 6. The number of aromatic nitrogens is 3. The third-order valence-electron chi connectivity index (χ3n) is 8.09. The van der Waals surface area contributed by atoms with Crippen LogP contribution in [0.25, 0.3) is 5.69 Å². The van der Waals surface area contributed by atoms with Gasteiger partial charge in [0, 0.05) is 49.9 Å². The number of ether oxygens (including phenoxy) is 1. The van der Waals surface area contributed by atoms with Crippen molar-refractivity contribution in [2.75, 3.05) is 25.4 Å². The van der Waals surface area contributed by atoms with E-state index in [0.717, 1.165) is 30.7 Å². The molecule has 1 saturated carbocycles. The maximum atomic E-state index is 13.8. The summed E-state index contributed by atoms with van der Waals surface area (Å²) in [5.74, 6) is -0.741. The van der Waals surface area contributed by atoms with E-state index in [2.05, 4.69) is 11.6 Å². The highest BCUT2D eigenvalue weighted by Crippen LogP contribution is 2.44. The van der Waals surface area contributed by atoms with Crippen LogP contribution in [0.15, 0.2) is 43.1 Å². The Morgan fingerprint density at radius 3 is 2.56 bits per heavy atom. The zero-order valence-electron chi connectivity index (χ0n) is 22.8. The quantitative estimate of drug-likeness (QED) is 0.325. The minimum atomic E-state index is -4.74. The Hall–Kier alpha value is -4.49. The molecule has 6 rings (SSSR count). The minimum absolute atomic E-state index is 0.0181. The third kappa shape index (κ3) is 5.30. The van der Waals surface area contributed by atoms with Gasteiger partial charge in [-0.3, -0.25) is 14.6 Å². The van der Waals surface area contributed by atoms with Crippen LogP contribution in [0.2, 0.25) is 0 Å². The van der Waals surface area contributed by atoms with Crippen molar-refractivity contribution in [2.24, 2.45) is 0 Å². The number of anilines is 1. The normalized spacial score (nSPS) is 18.3. The first-order valence-corrected chi connectivity index (χ1v) is 13.7. The molecule has 1 aromatic carbocycles. The van der Waals surface area contributed by atoms with E-state index in [1.54, 1.807) is 16.8 Å². The number of benzene rings is 1. The topological polar surface area (TPSA) is 107 Å². The molecule has 3 aliphatic rings. The number of nitrogens with two attached hydrogens (primary N) is 1. The molecule has 1 unspecified atom stereocenters. The first-order valence-electron chi connectivity index (χ1n) is 13.7. The largest absolute Gasteiger partial charge is 0.433 e. The van der Waals surface area contributed by atoms with Crippen LogP contribution in [-0.2, 0) is 23.8 Å². The van der Waals surface area contributed by atoms with Crippen LogP contribution in [0.1, 0.15) is 63.4 Å². The second-order valence-corrected chi connectivity index (χ2v) is 10.8. The Bertz CT molecular complexity index is 1620. The summed E-state index contributed by atoms with van der Waals surface area (Å²) >= 11 is 0. The van der Waals surface area contributed by atoms with E-state index in [0.29, 0.717) is 41.0 Å². The molecular formula is C29H27F5N6O3. The van der Waals surface area contributed by atoms with E-state index in [1.807, 2.05) is 6.07 Å². The summed E-state index contributed by atoms with van der Waals surface area (Å²) in [6.45, 7) is 0.886. The van der Waals surface area contributed by atoms with Crippen molar-refractivity contribution in [3.63, 3.8) is 0 Å². The van der Waals surface area contributed by atoms with Gasteiger partial charge in [-0.1, -0.05) is 12.6 Å². The van der Waals surface area contributed by atoms with Gasteiger partial charge in [0.2, 0.25) is 5.91 Å². The molecule has 9 nitrogen and oxygen atoms in total. The number of carbonyl (C=O) groups is 2. The summed E-state index contributed by atoms with van der Waals surface area (Å²) in [5.41, 5.74) is 7.17. The average molecular weight is 603 g/mol. The monoisotopic (exact) mass is 602 g/mol. The fourth-order valence-electron chi connectivity index (χ4n) is 5.89. The molecule has 1 atom stereocenters. The summed E-state index contributed by atoms with van der Waals surface area (Å²) in [7, 11) is 0. The van der Waals surface area contributed by atoms with E-state index in [9.17, 15) is 31.5 Å². The number of amides is 2. The Kier molecular flexibility index (Phi) is 7.09. The Morgan fingerprint density at radius 2 is 1.91 bits per heavy atom. The minimum Gasteiger partial charge on any atom is -0.433 e. The summed E-state index contributed by atoms with van der Waals surface area (Å²) in [6, 6.07) is 5.04. The lowest BCUT2D eigenvalue weighted by Crippen LogP contribution is -2.46. The third-order valence-corrected chi connectivity index (χ3v) is 8.09. The molecule has 2 aromatic heterocycles. The molecule has 0 radical (unpaired) electrons. The van der Waals surface area contributed by atoms with Crippen LogP contribution in [0.5, 0.6) is 5.75 Å². The van der Waals surface area contributed by atoms with Crippen molar-refractivity contribution < 1.29 is 36.3 Å². The van der Waals surface area contributed by atoms with Gasteiger partial charge >= 0.3 is 12.8 Å². The van der Waals surface area contributed by atoms with Gasteiger partial charge in [-0.25, -0.2) is 4.68 Å². The number of halogens is 5. The molecule has 2 N–H and O–H groups in total. The van der Waals surface area contributed by atoms with Gasteiger partial charge in [0.15, 0.2) is 5.75 Å². The molecule has 1 aliphatic carbocycles. The fourth-order valence-corrected chi connectivity index (χ4v) is 5.89. The SMILES string of the molecule is C=CC(=O)N1CCc2nn(-c3ccc(C4CC4)cc3OC(F)F)c3c2C(C1)N(C(=O)c1cnc(C(F)(F)F)cc1N)CC3. The van der Waals surface area contributed by atoms with Crippen molar-refractivity contribution in [1.29, 1.82) is 0 Å². The lowest BCUT2D eigenvalue weighted by molar-refractivity contribution is -0.141. The van der Waals surface area contributed by atoms with Gasteiger partial charge in [-0.05, 0) is 48.6 Å². The maximum absolute atomic E-state index is 13.8. The molecule has 3 aromatic rings. The van der Waals surface area contributed by atoms with Gasteiger partial charge in [0.1, 0.15) is 11.4 Å². The second kappa shape index (κ2) is 10.7. The van der Waals surface area contributed by atoms with Gasteiger partial charge in [-0.15, -0.1) is 0 Å². The van der Waals surface area contributed by atoms with Crippen molar-refractivity contribution in [2.45, 2.75) is 50.4 Å². The zero-order chi connectivity index (χ0) is 30.6. The van der Waals surface area contributed by atoms with Crippen molar-refractivity contribution in [3.8, 4) is 11.4 Å². The van der Waals surface area contributed by atoms with E-state index < -0.39 is 30.4 Å². The highest BCUT2D eigenvalue weighted by Gasteiger charge is 2.41. The maximum Gasteiger partial charge on any atom is 0.433 e. The van der Waals surface area contributed by atoms with Crippen LogP contribution < -0.4 is 10.5 Å². The molecule has 4 heterocycles. The Balaban J connectivity index is 1.43. The Morgan fingerprint density at radius 1 is 1.14 bits per heavy atom.